The van der Waals surface area contributed by atoms with Crippen molar-refractivity contribution in [3.8, 4) is 6.07 Å². The zero-order valence-corrected chi connectivity index (χ0v) is 11.3. The van der Waals surface area contributed by atoms with Crippen molar-refractivity contribution in [2.75, 3.05) is 12.5 Å². The average molecular weight is 307 g/mol. The van der Waals surface area contributed by atoms with Crippen LogP contribution < -0.4 is 5.43 Å². The van der Waals surface area contributed by atoms with Gasteiger partial charge in [0.05, 0.1) is 27.9 Å². The van der Waals surface area contributed by atoms with Gasteiger partial charge in [0.2, 0.25) is 5.71 Å². The van der Waals surface area contributed by atoms with E-state index in [1.165, 1.54) is 12.1 Å². The van der Waals surface area contributed by atoms with Gasteiger partial charge >= 0.3 is 5.97 Å². The van der Waals surface area contributed by atoms with E-state index >= 15 is 0 Å². The number of carbonyl (C=O) groups is 1. The van der Waals surface area contributed by atoms with E-state index in [0.717, 1.165) is 7.11 Å². The molecule has 1 rings (SSSR count). The number of halogens is 3. The van der Waals surface area contributed by atoms with E-state index in [2.05, 4.69) is 15.3 Å². The summed E-state index contributed by atoms with van der Waals surface area (Å²) in [6.07, 6.45) is 0. The van der Waals surface area contributed by atoms with Gasteiger partial charge in [-0.15, -0.1) is 0 Å². The van der Waals surface area contributed by atoms with Gasteiger partial charge in [-0.25, -0.2) is 4.79 Å². The van der Waals surface area contributed by atoms with Gasteiger partial charge in [0.1, 0.15) is 6.07 Å². The number of hydrogen-bond acceptors (Lipinski definition) is 5. The summed E-state index contributed by atoms with van der Waals surface area (Å²) < 4.78 is 4.35. The highest BCUT2D eigenvalue weighted by Gasteiger charge is 2.11. The van der Waals surface area contributed by atoms with Crippen molar-refractivity contribution in [3.63, 3.8) is 0 Å². The van der Waals surface area contributed by atoms with Crippen LogP contribution in [-0.4, -0.2) is 18.8 Å². The van der Waals surface area contributed by atoms with Gasteiger partial charge in [-0.2, -0.15) is 10.4 Å². The number of esters is 1. The fourth-order valence-electron chi connectivity index (χ4n) is 0.937. The van der Waals surface area contributed by atoms with Gasteiger partial charge in [0.25, 0.3) is 0 Å². The number of nitrogens with zero attached hydrogens (tertiary/aromatic N) is 2. The van der Waals surface area contributed by atoms with Gasteiger partial charge in [-0.1, -0.05) is 34.8 Å². The van der Waals surface area contributed by atoms with Crippen LogP contribution in [0.4, 0.5) is 5.69 Å². The minimum atomic E-state index is -0.860. The second kappa shape index (κ2) is 6.45. The highest BCUT2D eigenvalue weighted by molar-refractivity contribution is 6.44. The molecule has 0 unspecified atom stereocenters. The Bertz CT molecular complexity index is 552. The Morgan fingerprint density at radius 2 is 1.94 bits per heavy atom. The van der Waals surface area contributed by atoms with Crippen LogP contribution in [0.25, 0.3) is 0 Å². The molecule has 0 bridgehead atoms. The lowest BCUT2D eigenvalue weighted by Crippen LogP contribution is -2.15. The number of methoxy groups -OCH3 is 1. The lowest BCUT2D eigenvalue weighted by molar-refractivity contribution is -0.132. The molecule has 0 amide bonds. The summed E-state index contributed by atoms with van der Waals surface area (Å²) in [5.74, 6) is -0.860. The molecule has 0 radical (unpaired) electrons. The summed E-state index contributed by atoms with van der Waals surface area (Å²) in [6.45, 7) is 0. The third kappa shape index (κ3) is 3.50. The molecule has 0 fully saturated rings. The number of nitrogens with one attached hydrogen (secondary N) is 1. The quantitative estimate of drug-likeness (QED) is 0.403. The van der Waals surface area contributed by atoms with E-state index in [-0.39, 0.29) is 15.1 Å². The summed E-state index contributed by atoms with van der Waals surface area (Å²) >= 11 is 17.4. The maximum atomic E-state index is 11.1. The Morgan fingerprint density at radius 1 is 1.33 bits per heavy atom. The summed E-state index contributed by atoms with van der Waals surface area (Å²) in [5, 5.41) is 13.0. The van der Waals surface area contributed by atoms with Crippen LogP contribution in [-0.2, 0) is 9.53 Å². The molecule has 1 aromatic carbocycles. The molecular formula is C10H6Cl3N3O2. The summed E-state index contributed by atoms with van der Waals surface area (Å²) in [6, 6.07) is 4.41. The van der Waals surface area contributed by atoms with Gasteiger partial charge in [0.15, 0.2) is 0 Å². The Balaban J connectivity index is 2.99. The number of hydrazone groups is 1. The van der Waals surface area contributed by atoms with Crippen LogP contribution in [0.2, 0.25) is 15.1 Å². The van der Waals surface area contributed by atoms with E-state index in [1.54, 1.807) is 6.07 Å². The SMILES string of the molecule is COC(=O)/C(C#N)=N\Nc1cc(Cl)c(Cl)cc1Cl. The van der Waals surface area contributed by atoms with E-state index in [0.29, 0.717) is 5.69 Å². The van der Waals surface area contributed by atoms with Crippen LogP contribution in [0.1, 0.15) is 0 Å². The van der Waals surface area contributed by atoms with E-state index < -0.39 is 11.7 Å². The number of ether oxygens (including phenoxy) is 1. The molecule has 0 saturated heterocycles. The molecule has 94 valence electrons. The first-order valence-corrected chi connectivity index (χ1v) is 5.59. The van der Waals surface area contributed by atoms with E-state index in [1.807, 2.05) is 0 Å². The maximum Gasteiger partial charge on any atom is 0.369 e. The molecule has 0 aromatic heterocycles. The van der Waals surface area contributed by atoms with Crippen LogP contribution in [0, 0.1) is 11.3 Å². The third-order valence-corrected chi connectivity index (χ3v) is 2.82. The van der Waals surface area contributed by atoms with Gasteiger partial charge in [-0.05, 0) is 12.1 Å². The second-order valence-corrected chi connectivity index (χ2v) is 4.14. The number of carbonyl (C=O) groups excluding carboxylic acids is 1. The average Bonchev–Trinajstić information content (AvgIpc) is 2.35. The van der Waals surface area contributed by atoms with Crippen LogP contribution in [0.3, 0.4) is 0 Å². The molecule has 0 aliphatic carbocycles. The molecule has 0 saturated carbocycles. The number of benzene rings is 1. The Kier molecular flexibility index (Phi) is 5.23. The molecule has 18 heavy (non-hydrogen) atoms. The zero-order valence-electron chi connectivity index (χ0n) is 9.00. The first-order valence-electron chi connectivity index (χ1n) is 4.46. The van der Waals surface area contributed by atoms with Gasteiger partial charge in [0, 0.05) is 0 Å². The van der Waals surface area contributed by atoms with Crippen molar-refractivity contribution in [3.05, 3.63) is 27.2 Å². The number of nitriles is 1. The Hall–Kier alpha value is -1.48. The summed E-state index contributed by atoms with van der Waals surface area (Å²) in [7, 11) is 1.14. The fraction of sp³-hybridized carbons (Fsp3) is 0.100. The predicted octanol–water partition coefficient (Wildman–Crippen LogP) is 3.11. The van der Waals surface area contributed by atoms with Crippen LogP contribution in [0.15, 0.2) is 17.2 Å². The second-order valence-electron chi connectivity index (χ2n) is 2.92. The van der Waals surface area contributed by atoms with Gasteiger partial charge in [-0.3, -0.25) is 5.43 Å². The Labute approximate surface area is 118 Å². The van der Waals surface area contributed by atoms with Crippen molar-refractivity contribution in [1.82, 2.24) is 0 Å². The third-order valence-electron chi connectivity index (χ3n) is 1.78. The zero-order chi connectivity index (χ0) is 13.7. The van der Waals surface area contributed by atoms with Crippen LogP contribution in [0.5, 0.6) is 0 Å². The monoisotopic (exact) mass is 305 g/mol. The molecule has 0 aliphatic rings. The van der Waals surface area contributed by atoms with Crippen molar-refractivity contribution in [2.24, 2.45) is 5.10 Å². The molecule has 1 aromatic rings. The molecule has 0 heterocycles. The summed E-state index contributed by atoms with van der Waals surface area (Å²) in [5.41, 5.74) is 2.30. The Morgan fingerprint density at radius 3 is 2.50 bits per heavy atom. The molecule has 0 spiro atoms. The smallest absolute Gasteiger partial charge is 0.369 e. The highest BCUT2D eigenvalue weighted by Crippen LogP contribution is 2.32. The number of anilines is 1. The van der Waals surface area contributed by atoms with Crippen molar-refractivity contribution in [2.45, 2.75) is 0 Å². The lowest BCUT2D eigenvalue weighted by Gasteiger charge is -2.05. The van der Waals surface area contributed by atoms with Crippen molar-refractivity contribution in [1.29, 1.82) is 5.26 Å². The van der Waals surface area contributed by atoms with E-state index in [9.17, 15) is 4.79 Å². The largest absolute Gasteiger partial charge is 0.464 e. The van der Waals surface area contributed by atoms with Crippen molar-refractivity contribution < 1.29 is 9.53 Å². The molecule has 8 heteroatoms. The molecule has 0 aliphatic heterocycles. The summed E-state index contributed by atoms with van der Waals surface area (Å²) in [4.78, 5) is 11.1. The van der Waals surface area contributed by atoms with E-state index in [4.69, 9.17) is 40.1 Å². The maximum absolute atomic E-state index is 11.1. The molecule has 5 nitrogen and oxygen atoms in total. The number of rotatable bonds is 3. The predicted molar refractivity (Wildman–Crippen MR) is 70.2 cm³/mol. The minimum absolute atomic E-state index is 0.246. The first kappa shape index (κ1) is 14.6. The van der Waals surface area contributed by atoms with Gasteiger partial charge < -0.3 is 4.74 Å². The molecule has 0 atom stereocenters. The van der Waals surface area contributed by atoms with Crippen molar-refractivity contribution >= 4 is 52.2 Å². The topological polar surface area (TPSA) is 74.5 Å². The fourth-order valence-corrected chi connectivity index (χ4v) is 1.53. The van der Waals surface area contributed by atoms with Crippen LogP contribution >= 0.6 is 34.8 Å². The molecule has 1 N–H and O–H groups in total. The normalized spacial score (nSPS) is 10.7. The number of hydrogen-bond donors (Lipinski definition) is 1. The highest BCUT2D eigenvalue weighted by atomic mass is 35.5. The minimum Gasteiger partial charge on any atom is -0.464 e. The first-order chi connectivity index (χ1) is 8.49. The lowest BCUT2D eigenvalue weighted by atomic mass is 10.3. The molecular weight excluding hydrogens is 300 g/mol. The standard InChI is InChI=1S/C10H6Cl3N3O2/c1-18-10(17)9(4-14)16-15-8-3-6(12)5(11)2-7(8)13/h2-3,15H,1H3/b16-9-.